The lowest BCUT2D eigenvalue weighted by Gasteiger charge is -2.46. The third-order valence-electron chi connectivity index (χ3n) is 5.10. The zero-order chi connectivity index (χ0) is 17.7. The van der Waals surface area contributed by atoms with Gasteiger partial charge in [0, 0.05) is 37.9 Å². The Balaban J connectivity index is 2.05. The lowest BCUT2D eigenvalue weighted by molar-refractivity contribution is 0.0254. The number of hydrogen-bond donors (Lipinski definition) is 0. The summed E-state index contributed by atoms with van der Waals surface area (Å²) in [6, 6.07) is 4.36. The van der Waals surface area contributed by atoms with Gasteiger partial charge in [-0.3, -0.25) is 4.79 Å². The van der Waals surface area contributed by atoms with Crippen molar-refractivity contribution in [3.63, 3.8) is 0 Å². The topological polar surface area (TPSA) is 42.0 Å². The van der Waals surface area contributed by atoms with Crippen molar-refractivity contribution in [1.82, 2.24) is 9.80 Å². The lowest BCUT2D eigenvalue weighted by Crippen LogP contribution is -2.54. The quantitative estimate of drug-likeness (QED) is 0.799. The van der Waals surface area contributed by atoms with Crippen LogP contribution >= 0.6 is 0 Å². The van der Waals surface area contributed by atoms with Crippen molar-refractivity contribution in [2.45, 2.75) is 24.8 Å². The van der Waals surface area contributed by atoms with Crippen LogP contribution < -0.4 is 4.74 Å². The van der Waals surface area contributed by atoms with E-state index in [0.29, 0.717) is 25.3 Å². The fourth-order valence-corrected chi connectivity index (χ4v) is 3.32. The molecule has 6 heteroatoms. The Bertz CT molecular complexity index is 569. The standard InChI is InChI=1S/C18H27FN2O3/c1-20(2)18(9-12-23-3)7-10-21(11-8-18)17(22)14-5-6-16(24-4)15(19)13-14/h5-6,13H,7-12H2,1-4H3. The van der Waals surface area contributed by atoms with Crippen molar-refractivity contribution in [2.24, 2.45) is 0 Å². The molecule has 1 aromatic rings. The van der Waals surface area contributed by atoms with Crippen LogP contribution in [0.25, 0.3) is 0 Å². The van der Waals surface area contributed by atoms with E-state index in [2.05, 4.69) is 19.0 Å². The Kier molecular flexibility index (Phi) is 6.18. The highest BCUT2D eigenvalue weighted by molar-refractivity contribution is 5.94. The van der Waals surface area contributed by atoms with Gasteiger partial charge < -0.3 is 19.3 Å². The minimum atomic E-state index is -0.511. The van der Waals surface area contributed by atoms with E-state index in [9.17, 15) is 9.18 Å². The van der Waals surface area contributed by atoms with Crippen LogP contribution in [0, 0.1) is 5.82 Å². The van der Waals surface area contributed by atoms with Gasteiger partial charge in [-0.1, -0.05) is 0 Å². The number of benzene rings is 1. The molecule has 1 amide bonds. The number of piperidine rings is 1. The number of ether oxygens (including phenoxy) is 2. The number of carbonyl (C=O) groups is 1. The maximum absolute atomic E-state index is 13.8. The SMILES string of the molecule is COCCC1(N(C)C)CCN(C(=O)c2ccc(OC)c(F)c2)CC1. The van der Waals surface area contributed by atoms with Gasteiger partial charge in [-0.25, -0.2) is 4.39 Å². The summed E-state index contributed by atoms with van der Waals surface area (Å²) in [5.74, 6) is -0.491. The van der Waals surface area contributed by atoms with Crippen molar-refractivity contribution in [3.8, 4) is 5.75 Å². The lowest BCUT2D eigenvalue weighted by atomic mass is 9.83. The Morgan fingerprint density at radius 2 is 1.96 bits per heavy atom. The summed E-state index contributed by atoms with van der Waals surface area (Å²) in [7, 11) is 7.27. The molecule has 0 spiro atoms. The molecule has 0 unspecified atom stereocenters. The molecular formula is C18H27FN2O3. The van der Waals surface area contributed by atoms with Crippen molar-refractivity contribution in [1.29, 1.82) is 0 Å². The third-order valence-corrected chi connectivity index (χ3v) is 5.10. The molecule has 0 atom stereocenters. The van der Waals surface area contributed by atoms with Gasteiger partial charge in [0.15, 0.2) is 11.6 Å². The molecule has 1 heterocycles. The largest absolute Gasteiger partial charge is 0.494 e. The molecule has 0 N–H and O–H groups in total. The van der Waals surface area contributed by atoms with Gasteiger partial charge in [0.25, 0.3) is 5.91 Å². The van der Waals surface area contributed by atoms with Gasteiger partial charge in [0.2, 0.25) is 0 Å². The summed E-state index contributed by atoms with van der Waals surface area (Å²) in [5, 5.41) is 0. The zero-order valence-electron chi connectivity index (χ0n) is 15.0. The minimum absolute atomic E-state index is 0.0535. The Morgan fingerprint density at radius 3 is 2.46 bits per heavy atom. The number of halogens is 1. The van der Waals surface area contributed by atoms with E-state index in [1.807, 2.05) is 0 Å². The predicted octanol–water partition coefficient (Wildman–Crippen LogP) is 2.41. The molecule has 0 bridgehead atoms. The minimum Gasteiger partial charge on any atom is -0.494 e. The monoisotopic (exact) mass is 338 g/mol. The number of nitrogens with zero attached hydrogens (tertiary/aromatic N) is 2. The summed E-state index contributed by atoms with van der Waals surface area (Å²) in [5.41, 5.74) is 0.417. The van der Waals surface area contributed by atoms with Crippen LogP contribution in [0.5, 0.6) is 5.75 Å². The second-order valence-electron chi connectivity index (χ2n) is 6.50. The Labute approximate surface area is 143 Å². The van der Waals surface area contributed by atoms with Gasteiger partial charge in [-0.2, -0.15) is 0 Å². The van der Waals surface area contributed by atoms with Gasteiger partial charge in [-0.05, 0) is 51.6 Å². The normalized spacial score (nSPS) is 17.2. The fourth-order valence-electron chi connectivity index (χ4n) is 3.32. The first-order chi connectivity index (χ1) is 11.4. The van der Waals surface area contributed by atoms with E-state index in [4.69, 9.17) is 9.47 Å². The Morgan fingerprint density at radius 1 is 1.29 bits per heavy atom. The fraction of sp³-hybridized carbons (Fsp3) is 0.611. The Hall–Kier alpha value is -1.66. The number of methoxy groups -OCH3 is 2. The number of rotatable bonds is 6. The molecule has 0 aromatic heterocycles. The molecule has 0 saturated carbocycles. The van der Waals surface area contributed by atoms with E-state index in [1.165, 1.54) is 19.2 Å². The molecule has 1 aromatic carbocycles. The van der Waals surface area contributed by atoms with Gasteiger partial charge in [0.1, 0.15) is 0 Å². The highest BCUT2D eigenvalue weighted by Crippen LogP contribution is 2.31. The van der Waals surface area contributed by atoms with Crippen LogP contribution in [0.15, 0.2) is 18.2 Å². The van der Waals surface area contributed by atoms with Gasteiger partial charge in [-0.15, -0.1) is 0 Å². The first-order valence-corrected chi connectivity index (χ1v) is 8.23. The van der Waals surface area contributed by atoms with Crippen molar-refractivity contribution < 1.29 is 18.7 Å². The highest BCUT2D eigenvalue weighted by Gasteiger charge is 2.37. The van der Waals surface area contributed by atoms with Crippen LogP contribution in [0.4, 0.5) is 4.39 Å². The average molecular weight is 338 g/mol. The van der Waals surface area contributed by atoms with E-state index < -0.39 is 5.82 Å². The molecule has 0 radical (unpaired) electrons. The second kappa shape index (κ2) is 7.94. The molecule has 2 rings (SSSR count). The number of carbonyl (C=O) groups excluding carboxylic acids is 1. The third kappa shape index (κ3) is 3.87. The molecule has 1 saturated heterocycles. The molecule has 1 aliphatic rings. The van der Waals surface area contributed by atoms with Crippen LogP contribution in [-0.4, -0.2) is 69.3 Å². The number of amides is 1. The van der Waals surface area contributed by atoms with E-state index in [-0.39, 0.29) is 17.2 Å². The van der Waals surface area contributed by atoms with Gasteiger partial charge >= 0.3 is 0 Å². The first-order valence-electron chi connectivity index (χ1n) is 8.23. The summed E-state index contributed by atoms with van der Waals surface area (Å²) >= 11 is 0. The highest BCUT2D eigenvalue weighted by atomic mass is 19.1. The van der Waals surface area contributed by atoms with Gasteiger partial charge in [0.05, 0.1) is 7.11 Å². The van der Waals surface area contributed by atoms with E-state index >= 15 is 0 Å². The predicted molar refractivity (Wildman–Crippen MR) is 91.0 cm³/mol. The summed E-state index contributed by atoms with van der Waals surface area (Å²) in [4.78, 5) is 16.7. The molecular weight excluding hydrogens is 311 g/mol. The van der Waals surface area contributed by atoms with Crippen LogP contribution in [0.2, 0.25) is 0 Å². The summed E-state index contributed by atoms with van der Waals surface area (Å²) in [6.45, 7) is 2.03. The molecule has 1 fully saturated rings. The van der Waals surface area contributed by atoms with Crippen LogP contribution in [-0.2, 0) is 4.74 Å². The van der Waals surface area contributed by atoms with Crippen molar-refractivity contribution >= 4 is 5.91 Å². The average Bonchev–Trinajstić information content (AvgIpc) is 2.59. The second-order valence-corrected chi connectivity index (χ2v) is 6.50. The molecule has 5 nitrogen and oxygen atoms in total. The smallest absolute Gasteiger partial charge is 0.253 e. The maximum atomic E-state index is 13.8. The van der Waals surface area contributed by atoms with Crippen molar-refractivity contribution in [2.75, 3.05) is 48.0 Å². The van der Waals surface area contributed by atoms with Crippen LogP contribution in [0.3, 0.4) is 0 Å². The first kappa shape index (κ1) is 18.7. The van der Waals surface area contributed by atoms with E-state index in [0.717, 1.165) is 19.3 Å². The molecule has 0 aliphatic carbocycles. The summed E-state index contributed by atoms with van der Waals surface area (Å²) in [6.07, 6.45) is 2.71. The maximum Gasteiger partial charge on any atom is 0.253 e. The van der Waals surface area contributed by atoms with Crippen LogP contribution in [0.1, 0.15) is 29.6 Å². The molecule has 134 valence electrons. The summed E-state index contributed by atoms with van der Waals surface area (Å²) < 4.78 is 24.0. The molecule has 24 heavy (non-hydrogen) atoms. The molecule has 1 aliphatic heterocycles. The van der Waals surface area contributed by atoms with E-state index in [1.54, 1.807) is 18.1 Å². The number of likely N-dealkylation sites (tertiary alicyclic amines) is 1. The van der Waals surface area contributed by atoms with Crippen molar-refractivity contribution in [3.05, 3.63) is 29.6 Å². The zero-order valence-corrected chi connectivity index (χ0v) is 15.0. The number of hydrogen-bond acceptors (Lipinski definition) is 4.